The molecule has 1 N–H and O–H groups in total. The summed E-state index contributed by atoms with van der Waals surface area (Å²) in [6.07, 6.45) is 1.23. The molecule has 0 radical (unpaired) electrons. The number of ether oxygens (including phenoxy) is 1. The Balaban J connectivity index is 2.52. The number of carbonyl (C=O) groups excluding carboxylic acids is 1. The third-order valence-corrected chi connectivity index (χ3v) is 2.69. The second kappa shape index (κ2) is 7.85. The number of rotatable bonds is 6. The molecule has 1 rings (SSSR count). The lowest BCUT2D eigenvalue weighted by molar-refractivity contribution is -0.117. The predicted octanol–water partition coefficient (Wildman–Crippen LogP) is 3.08. The van der Waals surface area contributed by atoms with Crippen LogP contribution in [0.5, 0.6) is 0 Å². The molecule has 0 aliphatic rings. The Morgan fingerprint density at radius 2 is 2.28 bits per heavy atom. The third kappa shape index (κ3) is 4.86. The van der Waals surface area contributed by atoms with Crippen molar-refractivity contribution in [2.45, 2.75) is 19.8 Å². The van der Waals surface area contributed by atoms with Gasteiger partial charge in [-0.15, -0.1) is 0 Å². The summed E-state index contributed by atoms with van der Waals surface area (Å²) in [5.74, 6) is -0.148. The molecule has 0 unspecified atom stereocenters. The van der Waals surface area contributed by atoms with E-state index in [4.69, 9.17) is 10.00 Å². The van der Waals surface area contributed by atoms with Gasteiger partial charge in [-0.1, -0.05) is 22.9 Å². The number of amides is 1. The summed E-state index contributed by atoms with van der Waals surface area (Å²) in [5.41, 5.74) is 0.966. The van der Waals surface area contributed by atoms with Crippen molar-refractivity contribution in [3.05, 3.63) is 28.2 Å². The van der Waals surface area contributed by atoms with Gasteiger partial charge in [0.25, 0.3) is 0 Å². The number of nitriles is 1. The van der Waals surface area contributed by atoms with Crippen molar-refractivity contribution in [3.63, 3.8) is 0 Å². The van der Waals surface area contributed by atoms with Gasteiger partial charge in [-0.2, -0.15) is 5.26 Å². The Kier molecular flexibility index (Phi) is 6.40. The molecule has 1 amide bonds. The highest BCUT2D eigenvalue weighted by atomic mass is 79.9. The monoisotopic (exact) mass is 310 g/mol. The molecule has 1 aromatic carbocycles. The molecule has 18 heavy (non-hydrogen) atoms. The number of benzene rings is 1. The van der Waals surface area contributed by atoms with E-state index in [1.54, 1.807) is 18.2 Å². The fourth-order valence-electron chi connectivity index (χ4n) is 1.34. The molecule has 5 heteroatoms. The molecule has 0 spiro atoms. The Morgan fingerprint density at radius 3 is 2.94 bits per heavy atom. The van der Waals surface area contributed by atoms with Crippen molar-refractivity contribution in [1.29, 1.82) is 5.26 Å². The number of carbonyl (C=O) groups is 1. The lowest BCUT2D eigenvalue weighted by atomic mass is 10.2. The van der Waals surface area contributed by atoms with Crippen molar-refractivity contribution in [1.82, 2.24) is 0 Å². The van der Waals surface area contributed by atoms with Crippen LogP contribution in [0.2, 0.25) is 0 Å². The van der Waals surface area contributed by atoms with Gasteiger partial charge >= 0.3 is 0 Å². The van der Waals surface area contributed by atoms with Crippen LogP contribution >= 0.6 is 15.9 Å². The zero-order chi connectivity index (χ0) is 13.4. The van der Waals surface area contributed by atoms with E-state index in [0.29, 0.717) is 30.9 Å². The number of anilines is 1. The van der Waals surface area contributed by atoms with E-state index < -0.39 is 0 Å². The number of hydrogen-bond donors (Lipinski definition) is 1. The summed E-state index contributed by atoms with van der Waals surface area (Å²) in [6, 6.07) is 7.20. The van der Waals surface area contributed by atoms with E-state index in [1.807, 2.05) is 13.0 Å². The number of nitrogens with one attached hydrogen (secondary N) is 1. The second-order valence-corrected chi connectivity index (χ2v) is 4.63. The maximum Gasteiger partial charge on any atom is 0.226 e. The first-order valence-electron chi connectivity index (χ1n) is 5.74. The van der Waals surface area contributed by atoms with Crippen molar-refractivity contribution in [2.24, 2.45) is 0 Å². The number of hydrogen-bond acceptors (Lipinski definition) is 3. The molecule has 0 aliphatic heterocycles. The van der Waals surface area contributed by atoms with E-state index in [0.717, 1.165) is 10.9 Å². The minimum Gasteiger partial charge on any atom is -0.381 e. The van der Waals surface area contributed by atoms with Gasteiger partial charge in [0.1, 0.15) is 6.07 Å². The molecule has 0 aromatic heterocycles. The van der Waals surface area contributed by atoms with Crippen LogP contribution in [-0.2, 0) is 9.53 Å². The standard InChI is InChI=1S/C13H15BrN2O2/c1-2-6-18-7-5-13(17)16-12-4-3-11(14)8-10(12)9-15/h3-4,8H,2,5-7H2,1H3,(H,16,17). The van der Waals surface area contributed by atoms with Gasteiger partial charge in [-0.3, -0.25) is 4.79 Å². The first-order chi connectivity index (χ1) is 8.67. The minimum absolute atomic E-state index is 0.148. The maximum atomic E-state index is 11.6. The molecule has 0 saturated carbocycles. The van der Waals surface area contributed by atoms with Crippen LogP contribution in [0, 0.1) is 11.3 Å². The SMILES string of the molecule is CCCOCCC(=O)Nc1ccc(Br)cc1C#N. The summed E-state index contributed by atoms with van der Waals surface area (Å²) >= 11 is 3.28. The van der Waals surface area contributed by atoms with Gasteiger partial charge in [0.15, 0.2) is 0 Å². The Morgan fingerprint density at radius 1 is 1.50 bits per heavy atom. The van der Waals surface area contributed by atoms with Gasteiger partial charge in [-0.05, 0) is 24.6 Å². The highest BCUT2D eigenvalue weighted by Gasteiger charge is 2.07. The van der Waals surface area contributed by atoms with Gasteiger partial charge in [-0.25, -0.2) is 0 Å². The second-order valence-electron chi connectivity index (χ2n) is 3.71. The first-order valence-corrected chi connectivity index (χ1v) is 6.54. The van der Waals surface area contributed by atoms with Crippen molar-refractivity contribution >= 4 is 27.5 Å². The summed E-state index contributed by atoms with van der Waals surface area (Å²) in [5, 5.41) is 11.7. The molecule has 96 valence electrons. The summed E-state index contributed by atoms with van der Waals surface area (Å²) in [7, 11) is 0. The zero-order valence-corrected chi connectivity index (χ0v) is 11.8. The average Bonchev–Trinajstić information content (AvgIpc) is 2.37. The van der Waals surface area contributed by atoms with Crippen molar-refractivity contribution in [2.75, 3.05) is 18.5 Å². The van der Waals surface area contributed by atoms with Gasteiger partial charge in [0.2, 0.25) is 5.91 Å². The fraction of sp³-hybridized carbons (Fsp3) is 0.385. The predicted molar refractivity (Wildman–Crippen MR) is 73.2 cm³/mol. The van der Waals surface area contributed by atoms with Crippen LogP contribution in [0.3, 0.4) is 0 Å². The molecule has 0 fully saturated rings. The van der Waals surface area contributed by atoms with Crippen LogP contribution in [0.1, 0.15) is 25.3 Å². The average molecular weight is 311 g/mol. The van der Waals surface area contributed by atoms with Crippen LogP contribution in [-0.4, -0.2) is 19.1 Å². The van der Waals surface area contributed by atoms with Crippen LogP contribution in [0.25, 0.3) is 0 Å². The lowest BCUT2D eigenvalue weighted by Gasteiger charge is -2.07. The molecular weight excluding hydrogens is 296 g/mol. The van der Waals surface area contributed by atoms with E-state index in [1.165, 1.54) is 0 Å². The van der Waals surface area contributed by atoms with Crippen molar-refractivity contribution in [3.8, 4) is 6.07 Å². The van der Waals surface area contributed by atoms with Gasteiger partial charge < -0.3 is 10.1 Å². The highest BCUT2D eigenvalue weighted by Crippen LogP contribution is 2.20. The van der Waals surface area contributed by atoms with Crippen molar-refractivity contribution < 1.29 is 9.53 Å². The fourth-order valence-corrected chi connectivity index (χ4v) is 1.70. The maximum absolute atomic E-state index is 11.6. The Bertz CT molecular complexity index is 455. The molecule has 4 nitrogen and oxygen atoms in total. The molecule has 0 heterocycles. The summed E-state index contributed by atoms with van der Waals surface area (Å²) < 4.78 is 6.04. The Hall–Kier alpha value is -1.38. The first kappa shape index (κ1) is 14.7. The summed E-state index contributed by atoms with van der Waals surface area (Å²) in [6.45, 7) is 3.08. The molecule has 0 aliphatic carbocycles. The van der Waals surface area contributed by atoms with E-state index in [-0.39, 0.29) is 5.91 Å². The molecule has 0 saturated heterocycles. The minimum atomic E-state index is -0.148. The van der Waals surface area contributed by atoms with Crippen LogP contribution in [0.4, 0.5) is 5.69 Å². The van der Waals surface area contributed by atoms with Gasteiger partial charge in [0, 0.05) is 11.1 Å². The number of nitrogens with zero attached hydrogens (tertiary/aromatic N) is 1. The third-order valence-electron chi connectivity index (χ3n) is 2.20. The topological polar surface area (TPSA) is 62.1 Å². The van der Waals surface area contributed by atoms with E-state index in [2.05, 4.69) is 21.2 Å². The quantitative estimate of drug-likeness (QED) is 0.821. The summed E-state index contributed by atoms with van der Waals surface area (Å²) in [4.78, 5) is 11.6. The van der Waals surface area contributed by atoms with E-state index >= 15 is 0 Å². The molecule has 0 atom stereocenters. The van der Waals surface area contributed by atoms with Gasteiger partial charge in [0.05, 0.1) is 24.3 Å². The zero-order valence-electron chi connectivity index (χ0n) is 10.2. The molecule has 0 bridgehead atoms. The van der Waals surface area contributed by atoms with E-state index in [9.17, 15) is 4.79 Å². The molecular formula is C13H15BrN2O2. The normalized spacial score (nSPS) is 9.83. The molecule has 1 aromatic rings. The van der Waals surface area contributed by atoms with Crippen LogP contribution in [0.15, 0.2) is 22.7 Å². The lowest BCUT2D eigenvalue weighted by Crippen LogP contribution is -2.15. The largest absolute Gasteiger partial charge is 0.381 e. The highest BCUT2D eigenvalue weighted by molar-refractivity contribution is 9.10. The number of halogens is 1. The Labute approximate surface area is 115 Å². The smallest absolute Gasteiger partial charge is 0.226 e. The van der Waals surface area contributed by atoms with Crippen LogP contribution < -0.4 is 5.32 Å².